The maximum atomic E-state index is 10.9. The van der Waals surface area contributed by atoms with Crippen LogP contribution in [0.15, 0.2) is 30.9 Å². The fourth-order valence-electron chi connectivity index (χ4n) is 1.21. The molecule has 72 valence electrons. The molecule has 0 saturated carbocycles. The predicted molar refractivity (Wildman–Crippen MR) is 61.4 cm³/mol. The normalized spacial score (nSPS) is 10.4. The second kappa shape index (κ2) is 4.77. The number of halogens is 1. The highest BCUT2D eigenvalue weighted by molar-refractivity contribution is 6.67. The van der Waals surface area contributed by atoms with Crippen molar-refractivity contribution >= 4 is 29.0 Å². The molecule has 0 atom stereocenters. The van der Waals surface area contributed by atoms with E-state index in [-0.39, 0.29) is 0 Å². The van der Waals surface area contributed by atoms with Crippen LogP contribution in [0.1, 0.15) is 28.4 Å². The number of hydrogen-bond donors (Lipinski definition) is 0. The van der Waals surface area contributed by atoms with Crippen LogP contribution in [0.2, 0.25) is 0 Å². The average molecular weight is 207 g/mol. The number of allylic oxidation sites excluding steroid dienone is 1. The number of rotatable bonds is 3. The first-order valence-corrected chi connectivity index (χ1v) is 4.66. The van der Waals surface area contributed by atoms with Gasteiger partial charge in [0.05, 0.1) is 0 Å². The first-order chi connectivity index (χ1) is 6.69. The van der Waals surface area contributed by atoms with Crippen molar-refractivity contribution in [3.8, 4) is 0 Å². The van der Waals surface area contributed by atoms with Crippen molar-refractivity contribution < 1.29 is 4.79 Å². The molecule has 14 heavy (non-hydrogen) atoms. The van der Waals surface area contributed by atoms with Crippen LogP contribution < -0.4 is 0 Å². The second-order valence-electron chi connectivity index (χ2n) is 2.82. The Morgan fingerprint density at radius 1 is 1.43 bits per heavy atom. The van der Waals surface area contributed by atoms with E-state index in [0.29, 0.717) is 5.56 Å². The third-order valence-electron chi connectivity index (χ3n) is 1.88. The monoisotopic (exact) mass is 206 g/mol. The topological polar surface area (TPSA) is 17.1 Å². The van der Waals surface area contributed by atoms with Gasteiger partial charge in [-0.05, 0) is 41.8 Å². The summed E-state index contributed by atoms with van der Waals surface area (Å²) in [5.41, 5.74) is 2.45. The third kappa shape index (κ3) is 2.33. The Morgan fingerprint density at radius 2 is 2.14 bits per heavy atom. The highest BCUT2D eigenvalue weighted by Gasteiger charge is 2.03. The lowest BCUT2D eigenvalue weighted by Gasteiger charge is -2.02. The van der Waals surface area contributed by atoms with Crippen LogP contribution in [0, 0.1) is 0 Å². The molecule has 0 bridgehead atoms. The summed E-state index contributed by atoms with van der Waals surface area (Å²) in [4.78, 5) is 10.9. The highest BCUT2D eigenvalue weighted by Crippen LogP contribution is 2.16. The van der Waals surface area contributed by atoms with E-state index in [1.54, 1.807) is 18.2 Å². The van der Waals surface area contributed by atoms with Crippen molar-refractivity contribution in [2.75, 3.05) is 0 Å². The van der Waals surface area contributed by atoms with Gasteiger partial charge in [0.25, 0.3) is 5.24 Å². The standard InChI is InChI=1S/C12H11ClO/c1-3-5-10-8-11(12(13)14)7-6-9(10)4-2/h3-8H,2H2,1H3. The van der Waals surface area contributed by atoms with Gasteiger partial charge < -0.3 is 0 Å². The molecule has 0 N–H and O–H groups in total. The van der Waals surface area contributed by atoms with Crippen molar-refractivity contribution in [1.82, 2.24) is 0 Å². The lowest BCUT2D eigenvalue weighted by Crippen LogP contribution is -1.91. The maximum Gasteiger partial charge on any atom is 0.252 e. The van der Waals surface area contributed by atoms with Crippen molar-refractivity contribution in [3.63, 3.8) is 0 Å². The summed E-state index contributed by atoms with van der Waals surface area (Å²) in [6, 6.07) is 5.28. The minimum Gasteiger partial charge on any atom is -0.276 e. The molecule has 0 spiro atoms. The fourth-order valence-corrected chi connectivity index (χ4v) is 1.32. The van der Waals surface area contributed by atoms with E-state index in [0.717, 1.165) is 11.1 Å². The van der Waals surface area contributed by atoms with Gasteiger partial charge in [0.15, 0.2) is 0 Å². The van der Waals surface area contributed by atoms with Crippen molar-refractivity contribution in [2.45, 2.75) is 6.92 Å². The zero-order valence-corrected chi connectivity index (χ0v) is 8.71. The summed E-state index contributed by atoms with van der Waals surface area (Å²) in [5.74, 6) is 0. The van der Waals surface area contributed by atoms with E-state index < -0.39 is 5.24 Å². The molecular formula is C12H11ClO. The second-order valence-corrected chi connectivity index (χ2v) is 3.16. The van der Waals surface area contributed by atoms with Crippen LogP contribution in [-0.4, -0.2) is 5.24 Å². The fraction of sp³-hybridized carbons (Fsp3) is 0.0833. The van der Waals surface area contributed by atoms with Gasteiger partial charge in [-0.1, -0.05) is 30.9 Å². The molecule has 1 aromatic carbocycles. The minimum atomic E-state index is -0.439. The predicted octanol–water partition coefficient (Wildman–Crippen LogP) is 3.74. The molecule has 1 rings (SSSR count). The van der Waals surface area contributed by atoms with E-state index in [2.05, 4.69) is 6.58 Å². The number of carbonyl (C=O) groups excluding carboxylic acids is 1. The molecule has 0 fully saturated rings. The Hall–Kier alpha value is -1.34. The molecule has 0 aliphatic carbocycles. The van der Waals surface area contributed by atoms with Gasteiger partial charge in [-0.15, -0.1) is 0 Å². The van der Waals surface area contributed by atoms with Gasteiger partial charge in [0.1, 0.15) is 0 Å². The molecule has 0 amide bonds. The van der Waals surface area contributed by atoms with Crippen molar-refractivity contribution in [2.24, 2.45) is 0 Å². The van der Waals surface area contributed by atoms with Gasteiger partial charge in [-0.2, -0.15) is 0 Å². The molecule has 1 nitrogen and oxygen atoms in total. The molecule has 0 aliphatic rings. The Morgan fingerprint density at radius 3 is 2.64 bits per heavy atom. The SMILES string of the molecule is C=Cc1ccc(C(=O)Cl)cc1C=CC. The lowest BCUT2D eigenvalue weighted by atomic mass is 10.0. The van der Waals surface area contributed by atoms with E-state index in [1.165, 1.54) is 0 Å². The molecular weight excluding hydrogens is 196 g/mol. The van der Waals surface area contributed by atoms with E-state index in [9.17, 15) is 4.79 Å². The number of carbonyl (C=O) groups is 1. The zero-order chi connectivity index (χ0) is 10.6. The molecule has 0 aromatic heterocycles. The summed E-state index contributed by atoms with van der Waals surface area (Å²) < 4.78 is 0. The van der Waals surface area contributed by atoms with Crippen LogP contribution in [0.25, 0.3) is 12.2 Å². The van der Waals surface area contributed by atoms with Gasteiger partial charge in [0, 0.05) is 5.56 Å². The summed E-state index contributed by atoms with van der Waals surface area (Å²) in [6.45, 7) is 5.62. The summed E-state index contributed by atoms with van der Waals surface area (Å²) in [5, 5.41) is -0.439. The maximum absolute atomic E-state index is 10.9. The van der Waals surface area contributed by atoms with Crippen molar-refractivity contribution in [3.05, 3.63) is 47.5 Å². The first kappa shape index (κ1) is 10.7. The quantitative estimate of drug-likeness (QED) is 0.689. The molecule has 1 aromatic rings. The Bertz CT molecular complexity index is 391. The molecule has 2 heteroatoms. The molecule has 0 unspecified atom stereocenters. The summed E-state index contributed by atoms with van der Waals surface area (Å²) >= 11 is 5.38. The van der Waals surface area contributed by atoms with E-state index in [4.69, 9.17) is 11.6 Å². The van der Waals surface area contributed by atoms with Crippen LogP contribution in [0.4, 0.5) is 0 Å². The smallest absolute Gasteiger partial charge is 0.252 e. The van der Waals surface area contributed by atoms with Crippen molar-refractivity contribution in [1.29, 1.82) is 0 Å². The number of hydrogen-bond acceptors (Lipinski definition) is 1. The van der Waals surface area contributed by atoms with Gasteiger partial charge in [0.2, 0.25) is 0 Å². The molecule has 0 heterocycles. The van der Waals surface area contributed by atoms with E-state index in [1.807, 2.05) is 25.1 Å². The van der Waals surface area contributed by atoms with Gasteiger partial charge in [-0.25, -0.2) is 0 Å². The average Bonchev–Trinajstić information content (AvgIpc) is 2.18. The lowest BCUT2D eigenvalue weighted by molar-refractivity contribution is 0.108. The summed E-state index contributed by atoms with van der Waals surface area (Å²) in [6.07, 6.45) is 5.57. The number of benzene rings is 1. The van der Waals surface area contributed by atoms with E-state index >= 15 is 0 Å². The van der Waals surface area contributed by atoms with Crippen LogP contribution in [0.3, 0.4) is 0 Å². The van der Waals surface area contributed by atoms with Crippen LogP contribution >= 0.6 is 11.6 Å². The Balaban J connectivity index is 3.27. The van der Waals surface area contributed by atoms with Gasteiger partial charge >= 0.3 is 0 Å². The summed E-state index contributed by atoms with van der Waals surface area (Å²) in [7, 11) is 0. The minimum absolute atomic E-state index is 0.439. The van der Waals surface area contributed by atoms with Crippen LogP contribution in [0.5, 0.6) is 0 Å². The van der Waals surface area contributed by atoms with Gasteiger partial charge in [-0.3, -0.25) is 4.79 Å². The zero-order valence-electron chi connectivity index (χ0n) is 7.96. The first-order valence-electron chi connectivity index (χ1n) is 4.28. The van der Waals surface area contributed by atoms with Crippen LogP contribution in [-0.2, 0) is 0 Å². The molecule has 0 radical (unpaired) electrons. The Kier molecular flexibility index (Phi) is 3.66. The molecule has 0 aliphatic heterocycles. The third-order valence-corrected chi connectivity index (χ3v) is 2.10. The Labute approximate surface area is 88.7 Å². The molecule has 0 saturated heterocycles. The largest absolute Gasteiger partial charge is 0.276 e. The highest BCUT2D eigenvalue weighted by atomic mass is 35.5.